The maximum Gasteiger partial charge on any atom is 0.302 e. The normalized spacial score (nSPS) is 21.2. The molecule has 3 heteroatoms. The van der Waals surface area contributed by atoms with E-state index in [1.165, 1.54) is 36.1 Å². The Hall–Kier alpha value is -0.833. The Bertz CT molecular complexity index is 374. The Kier molecular flexibility index (Phi) is 4.97. The van der Waals surface area contributed by atoms with Crippen LogP contribution in [0.4, 0.5) is 0 Å². The zero-order valence-electron chi connectivity index (χ0n) is 12.4. The van der Waals surface area contributed by atoms with E-state index in [1.54, 1.807) is 0 Å². The van der Waals surface area contributed by atoms with Gasteiger partial charge in [-0.1, -0.05) is 38.7 Å². The standard InChI is InChI=1S/C15H26O2Si/c1-11-7-8-14(10-18(4,5)6)15(12(11)2)9-17-13(3)16/h11H,2,7-10H2,1,3-6H3/t11-/m0/s1. The first-order valence-corrected chi connectivity index (χ1v) is 10.4. The predicted octanol–water partition coefficient (Wildman–Crippen LogP) is 4.17. The van der Waals surface area contributed by atoms with E-state index in [-0.39, 0.29) is 5.97 Å². The van der Waals surface area contributed by atoms with Crippen molar-refractivity contribution in [2.24, 2.45) is 5.92 Å². The zero-order chi connectivity index (χ0) is 13.9. The molecule has 0 unspecified atom stereocenters. The van der Waals surface area contributed by atoms with Crippen LogP contribution >= 0.6 is 0 Å². The molecular weight excluding hydrogens is 240 g/mol. The molecule has 0 aliphatic heterocycles. The van der Waals surface area contributed by atoms with Crippen molar-refractivity contribution in [2.45, 2.75) is 52.4 Å². The van der Waals surface area contributed by atoms with Gasteiger partial charge in [-0.2, -0.15) is 0 Å². The van der Waals surface area contributed by atoms with Crippen LogP contribution in [0.3, 0.4) is 0 Å². The highest BCUT2D eigenvalue weighted by Gasteiger charge is 2.25. The number of rotatable bonds is 4. The molecule has 0 aromatic carbocycles. The third kappa shape index (κ3) is 4.45. The fourth-order valence-corrected chi connectivity index (χ4v) is 4.11. The van der Waals surface area contributed by atoms with E-state index in [1.807, 2.05) is 0 Å². The van der Waals surface area contributed by atoms with E-state index < -0.39 is 8.07 Å². The average Bonchev–Trinajstić information content (AvgIpc) is 2.20. The Balaban J connectivity index is 2.94. The van der Waals surface area contributed by atoms with E-state index in [0.717, 1.165) is 6.42 Å². The van der Waals surface area contributed by atoms with Crippen LogP contribution in [0.2, 0.25) is 25.7 Å². The summed E-state index contributed by atoms with van der Waals surface area (Å²) in [7, 11) is -1.13. The molecule has 1 atom stereocenters. The van der Waals surface area contributed by atoms with Crippen LogP contribution in [0.1, 0.15) is 26.7 Å². The summed E-state index contributed by atoms with van der Waals surface area (Å²) in [5, 5.41) is 0. The SMILES string of the molecule is C=C1C(COC(C)=O)=C(C[Si](C)(C)C)CC[C@@H]1C. The lowest BCUT2D eigenvalue weighted by atomic mass is 9.82. The minimum Gasteiger partial charge on any atom is -0.461 e. The molecule has 0 saturated carbocycles. The molecule has 0 bridgehead atoms. The van der Waals surface area contributed by atoms with Crippen molar-refractivity contribution in [1.29, 1.82) is 0 Å². The second-order valence-electron chi connectivity index (χ2n) is 6.56. The molecule has 102 valence electrons. The first-order valence-electron chi connectivity index (χ1n) is 6.74. The molecular formula is C15H26O2Si. The largest absolute Gasteiger partial charge is 0.461 e. The fraction of sp³-hybridized carbons (Fsp3) is 0.667. The van der Waals surface area contributed by atoms with Crippen molar-refractivity contribution < 1.29 is 9.53 Å². The maximum absolute atomic E-state index is 11.0. The van der Waals surface area contributed by atoms with Gasteiger partial charge in [-0.15, -0.1) is 0 Å². The second kappa shape index (κ2) is 5.87. The molecule has 0 spiro atoms. The van der Waals surface area contributed by atoms with Crippen LogP contribution < -0.4 is 0 Å². The maximum atomic E-state index is 11.0. The monoisotopic (exact) mass is 266 g/mol. The molecule has 1 rings (SSSR count). The third-order valence-corrected chi connectivity index (χ3v) is 4.94. The lowest BCUT2D eigenvalue weighted by molar-refractivity contribution is -0.139. The Labute approximate surface area is 112 Å². The van der Waals surface area contributed by atoms with Gasteiger partial charge < -0.3 is 4.74 Å². The molecule has 1 aliphatic carbocycles. The zero-order valence-corrected chi connectivity index (χ0v) is 13.4. The molecule has 0 aromatic heterocycles. The second-order valence-corrected chi connectivity index (χ2v) is 12.0. The number of hydrogen-bond donors (Lipinski definition) is 0. The van der Waals surface area contributed by atoms with Gasteiger partial charge >= 0.3 is 5.97 Å². The van der Waals surface area contributed by atoms with Gasteiger partial charge in [0.1, 0.15) is 6.61 Å². The van der Waals surface area contributed by atoms with Gasteiger partial charge in [-0.3, -0.25) is 4.79 Å². The van der Waals surface area contributed by atoms with Crippen molar-refractivity contribution in [1.82, 2.24) is 0 Å². The van der Waals surface area contributed by atoms with Crippen molar-refractivity contribution in [2.75, 3.05) is 6.61 Å². The smallest absolute Gasteiger partial charge is 0.302 e. The van der Waals surface area contributed by atoms with Crippen LogP contribution in [0.15, 0.2) is 23.3 Å². The quantitative estimate of drug-likeness (QED) is 0.564. The summed E-state index contributed by atoms with van der Waals surface area (Å²) in [4.78, 5) is 11.0. The number of allylic oxidation sites excluding steroid dienone is 1. The molecule has 0 heterocycles. The van der Waals surface area contributed by atoms with E-state index >= 15 is 0 Å². The van der Waals surface area contributed by atoms with Crippen LogP contribution in [-0.4, -0.2) is 20.7 Å². The van der Waals surface area contributed by atoms with Crippen LogP contribution in [0.25, 0.3) is 0 Å². The number of hydrogen-bond acceptors (Lipinski definition) is 2. The summed E-state index contributed by atoms with van der Waals surface area (Å²) in [5.41, 5.74) is 3.88. The van der Waals surface area contributed by atoms with Crippen LogP contribution in [0.5, 0.6) is 0 Å². The topological polar surface area (TPSA) is 26.3 Å². The minimum atomic E-state index is -1.13. The molecule has 18 heavy (non-hydrogen) atoms. The highest BCUT2D eigenvalue weighted by atomic mass is 28.3. The van der Waals surface area contributed by atoms with Gasteiger partial charge in [0, 0.05) is 15.0 Å². The number of carbonyl (C=O) groups is 1. The first-order chi connectivity index (χ1) is 8.20. The molecule has 0 N–H and O–H groups in total. The summed E-state index contributed by atoms with van der Waals surface area (Å²) < 4.78 is 5.20. The molecule has 0 saturated heterocycles. The fourth-order valence-electron chi connectivity index (χ4n) is 2.44. The molecule has 2 nitrogen and oxygen atoms in total. The van der Waals surface area contributed by atoms with Crippen molar-refractivity contribution in [3.05, 3.63) is 23.3 Å². The van der Waals surface area contributed by atoms with Gasteiger partial charge in [0.05, 0.1) is 0 Å². The van der Waals surface area contributed by atoms with Crippen LogP contribution in [0, 0.1) is 5.92 Å². The van der Waals surface area contributed by atoms with Crippen molar-refractivity contribution in [3.8, 4) is 0 Å². The number of ether oxygens (including phenoxy) is 1. The Morgan fingerprint density at radius 1 is 1.44 bits per heavy atom. The number of carbonyl (C=O) groups excluding carboxylic acids is 1. The minimum absolute atomic E-state index is 0.208. The summed E-state index contributed by atoms with van der Waals surface area (Å²) in [6, 6.07) is 1.19. The molecule has 0 amide bonds. The van der Waals surface area contributed by atoms with Crippen molar-refractivity contribution in [3.63, 3.8) is 0 Å². The molecule has 0 aromatic rings. The molecule has 1 aliphatic rings. The molecule has 0 fully saturated rings. The van der Waals surface area contributed by atoms with E-state index in [9.17, 15) is 4.79 Å². The molecule has 0 radical (unpaired) electrons. The van der Waals surface area contributed by atoms with Crippen LogP contribution in [-0.2, 0) is 9.53 Å². The lowest BCUT2D eigenvalue weighted by Gasteiger charge is -2.30. The van der Waals surface area contributed by atoms with Gasteiger partial charge in [0.25, 0.3) is 0 Å². The highest BCUT2D eigenvalue weighted by Crippen LogP contribution is 2.37. The van der Waals surface area contributed by atoms with E-state index in [4.69, 9.17) is 4.74 Å². The first kappa shape index (κ1) is 15.2. The lowest BCUT2D eigenvalue weighted by Crippen LogP contribution is -2.24. The Morgan fingerprint density at radius 2 is 2.06 bits per heavy atom. The number of esters is 1. The Morgan fingerprint density at radius 3 is 2.56 bits per heavy atom. The van der Waals surface area contributed by atoms with Gasteiger partial charge in [-0.05, 0) is 35.9 Å². The summed E-state index contributed by atoms with van der Waals surface area (Å²) in [5.74, 6) is 0.307. The van der Waals surface area contributed by atoms with E-state index in [0.29, 0.717) is 12.5 Å². The van der Waals surface area contributed by atoms with E-state index in [2.05, 4.69) is 33.1 Å². The summed E-state index contributed by atoms with van der Waals surface area (Å²) in [6.07, 6.45) is 2.32. The van der Waals surface area contributed by atoms with Crippen molar-refractivity contribution >= 4 is 14.0 Å². The summed E-state index contributed by atoms with van der Waals surface area (Å²) in [6.45, 7) is 15.4. The third-order valence-electron chi connectivity index (χ3n) is 3.45. The van der Waals surface area contributed by atoms with Gasteiger partial charge in [-0.25, -0.2) is 0 Å². The average molecular weight is 266 g/mol. The predicted molar refractivity (Wildman–Crippen MR) is 79.4 cm³/mol. The summed E-state index contributed by atoms with van der Waals surface area (Å²) >= 11 is 0. The highest BCUT2D eigenvalue weighted by molar-refractivity contribution is 6.76. The van der Waals surface area contributed by atoms with Gasteiger partial charge in [0.2, 0.25) is 0 Å². The van der Waals surface area contributed by atoms with Gasteiger partial charge in [0.15, 0.2) is 0 Å².